The minimum Gasteiger partial charge on any atom is -0.455 e. The van der Waals surface area contributed by atoms with Gasteiger partial charge in [0, 0.05) is 0 Å². The molecule has 146 valence electrons. The van der Waals surface area contributed by atoms with Gasteiger partial charge in [-0.2, -0.15) is 8.42 Å². The molecule has 3 heterocycles. The molecule has 0 spiro atoms. The zero-order valence-corrected chi connectivity index (χ0v) is 15.4. The van der Waals surface area contributed by atoms with Crippen LogP contribution in [-0.4, -0.2) is 54.6 Å². The lowest BCUT2D eigenvalue weighted by atomic mass is 9.76. The number of carbonyl (C=O) groups is 2. The van der Waals surface area contributed by atoms with Crippen molar-refractivity contribution in [3.05, 3.63) is 0 Å². The fraction of sp³-hybridized carbons (Fsp3) is 0.882. The van der Waals surface area contributed by atoms with E-state index in [0.29, 0.717) is 19.3 Å². The molecule has 0 aromatic heterocycles. The van der Waals surface area contributed by atoms with Gasteiger partial charge in [-0.1, -0.05) is 13.3 Å². The summed E-state index contributed by atoms with van der Waals surface area (Å²) in [7, 11) is -4.18. The summed E-state index contributed by atoms with van der Waals surface area (Å²) >= 11 is 0. The van der Waals surface area contributed by atoms with Crippen LogP contribution in [0.3, 0.4) is 0 Å². The van der Waals surface area contributed by atoms with Crippen molar-refractivity contribution < 1.29 is 36.8 Å². The van der Waals surface area contributed by atoms with Crippen LogP contribution >= 0.6 is 0 Å². The standard InChI is InChI=1S/C17H24O8S/c1-2-3-8-4-5-9(26(20,21)22)6-10(8)16(18)24-14-12-7-11-13(23-12)15(14)25-17(11)19/h8-15H,2-7H2,1H3,(H,20,21,22). The van der Waals surface area contributed by atoms with Gasteiger partial charge in [0.1, 0.15) is 6.10 Å². The van der Waals surface area contributed by atoms with Gasteiger partial charge in [-0.15, -0.1) is 0 Å². The van der Waals surface area contributed by atoms with Crippen molar-refractivity contribution in [2.75, 3.05) is 0 Å². The molecule has 1 aliphatic carbocycles. The lowest BCUT2D eigenvalue weighted by Crippen LogP contribution is -2.44. The fourth-order valence-corrected chi connectivity index (χ4v) is 5.96. The van der Waals surface area contributed by atoms with Gasteiger partial charge in [0.15, 0.2) is 12.2 Å². The molecule has 3 saturated heterocycles. The van der Waals surface area contributed by atoms with Gasteiger partial charge < -0.3 is 14.2 Å². The highest BCUT2D eigenvalue weighted by Crippen LogP contribution is 2.48. The van der Waals surface area contributed by atoms with E-state index in [-0.39, 0.29) is 36.4 Å². The number of hydrogen-bond acceptors (Lipinski definition) is 7. The first-order valence-electron chi connectivity index (χ1n) is 9.32. The first kappa shape index (κ1) is 18.2. The molecular formula is C17H24O8S. The predicted octanol–water partition coefficient (Wildman–Crippen LogP) is 1.08. The van der Waals surface area contributed by atoms with Crippen LogP contribution in [0.5, 0.6) is 0 Å². The third-order valence-corrected chi connectivity index (χ3v) is 7.64. The number of rotatable bonds is 5. The molecule has 4 fully saturated rings. The minimum atomic E-state index is -4.18. The molecule has 26 heavy (non-hydrogen) atoms. The van der Waals surface area contributed by atoms with Crippen LogP contribution < -0.4 is 0 Å². The lowest BCUT2D eigenvalue weighted by Gasteiger charge is -2.34. The fourth-order valence-electron chi connectivity index (χ4n) is 5.07. The Hall–Kier alpha value is -1.19. The molecule has 0 aromatic rings. The summed E-state index contributed by atoms with van der Waals surface area (Å²) in [5.41, 5.74) is 0. The third kappa shape index (κ3) is 2.93. The van der Waals surface area contributed by atoms with Crippen molar-refractivity contribution in [1.29, 1.82) is 0 Å². The van der Waals surface area contributed by atoms with Gasteiger partial charge in [0.05, 0.1) is 23.2 Å². The average Bonchev–Trinajstić information content (AvgIpc) is 3.19. The summed E-state index contributed by atoms with van der Waals surface area (Å²) in [6, 6.07) is 0. The highest BCUT2D eigenvalue weighted by atomic mass is 32.2. The van der Waals surface area contributed by atoms with Crippen molar-refractivity contribution in [3.63, 3.8) is 0 Å². The van der Waals surface area contributed by atoms with Crippen molar-refractivity contribution in [2.45, 2.75) is 75.1 Å². The zero-order valence-electron chi connectivity index (χ0n) is 14.6. The zero-order chi connectivity index (χ0) is 18.6. The highest BCUT2D eigenvalue weighted by Gasteiger charge is 2.65. The van der Waals surface area contributed by atoms with Crippen LogP contribution in [0.1, 0.15) is 45.4 Å². The Kier molecular flexibility index (Phi) is 4.51. The quantitative estimate of drug-likeness (QED) is 0.549. The molecule has 2 bridgehead atoms. The third-order valence-electron chi connectivity index (χ3n) is 6.36. The molecular weight excluding hydrogens is 364 g/mol. The van der Waals surface area contributed by atoms with Crippen molar-refractivity contribution in [2.24, 2.45) is 17.8 Å². The van der Waals surface area contributed by atoms with Crippen molar-refractivity contribution in [1.82, 2.24) is 0 Å². The predicted molar refractivity (Wildman–Crippen MR) is 87.6 cm³/mol. The summed E-state index contributed by atoms with van der Waals surface area (Å²) in [5.74, 6) is -1.58. The molecule has 9 heteroatoms. The second-order valence-electron chi connectivity index (χ2n) is 7.89. The summed E-state index contributed by atoms with van der Waals surface area (Å²) in [4.78, 5) is 24.6. The first-order valence-corrected chi connectivity index (χ1v) is 10.8. The number of hydrogen-bond donors (Lipinski definition) is 1. The summed E-state index contributed by atoms with van der Waals surface area (Å²) < 4.78 is 49.2. The van der Waals surface area contributed by atoms with Gasteiger partial charge in [-0.25, -0.2) is 0 Å². The van der Waals surface area contributed by atoms with Crippen LogP contribution in [0.15, 0.2) is 0 Å². The SMILES string of the molecule is CCCC1CCC(S(=O)(=O)O)CC1C(=O)OC1C2CC3C(=O)OC1C3O2. The second-order valence-corrected chi connectivity index (χ2v) is 9.59. The molecule has 8 atom stereocenters. The largest absolute Gasteiger partial charge is 0.455 e. The van der Waals surface area contributed by atoms with E-state index in [2.05, 4.69) is 0 Å². The molecule has 8 nitrogen and oxygen atoms in total. The molecule has 1 N–H and O–H groups in total. The van der Waals surface area contributed by atoms with Gasteiger partial charge >= 0.3 is 11.9 Å². The normalized spacial score (nSPS) is 44.2. The van der Waals surface area contributed by atoms with E-state index in [4.69, 9.17) is 14.2 Å². The Balaban J connectivity index is 1.47. The van der Waals surface area contributed by atoms with E-state index >= 15 is 0 Å². The highest BCUT2D eigenvalue weighted by molar-refractivity contribution is 7.86. The number of ether oxygens (including phenoxy) is 3. The second kappa shape index (κ2) is 6.45. The van der Waals surface area contributed by atoms with Gasteiger partial charge in [0.2, 0.25) is 0 Å². The maximum absolute atomic E-state index is 12.9. The molecule has 0 aromatic carbocycles. The van der Waals surface area contributed by atoms with Crippen LogP contribution in [0.25, 0.3) is 0 Å². The monoisotopic (exact) mass is 388 g/mol. The molecule has 4 aliphatic rings. The van der Waals surface area contributed by atoms with E-state index < -0.39 is 39.5 Å². The van der Waals surface area contributed by atoms with E-state index in [1.165, 1.54) is 0 Å². The Labute approximate surface area is 152 Å². The average molecular weight is 388 g/mol. The number of fused-ring (bicyclic) bond motifs is 1. The molecule has 8 unspecified atom stereocenters. The van der Waals surface area contributed by atoms with Gasteiger partial charge in [-0.05, 0) is 38.0 Å². The molecule has 3 aliphatic heterocycles. The molecule has 1 saturated carbocycles. The molecule has 4 rings (SSSR count). The minimum absolute atomic E-state index is 0.0314. The summed E-state index contributed by atoms with van der Waals surface area (Å²) in [5, 5.41) is -0.932. The Morgan fingerprint density at radius 1 is 1.27 bits per heavy atom. The molecule has 0 radical (unpaired) electrons. The van der Waals surface area contributed by atoms with Gasteiger partial charge in [0.25, 0.3) is 10.1 Å². The van der Waals surface area contributed by atoms with Crippen molar-refractivity contribution in [3.8, 4) is 0 Å². The Bertz CT molecular complexity index is 704. The summed E-state index contributed by atoms with van der Waals surface area (Å²) in [6.07, 6.45) is 1.30. The maximum Gasteiger partial charge on any atom is 0.312 e. The number of carbonyl (C=O) groups excluding carboxylic acids is 2. The van der Waals surface area contributed by atoms with Crippen LogP contribution in [0.2, 0.25) is 0 Å². The van der Waals surface area contributed by atoms with E-state index in [9.17, 15) is 22.6 Å². The van der Waals surface area contributed by atoms with Crippen LogP contribution in [0, 0.1) is 17.8 Å². The first-order chi connectivity index (χ1) is 12.3. The maximum atomic E-state index is 12.9. The van der Waals surface area contributed by atoms with Crippen LogP contribution in [-0.2, 0) is 33.9 Å². The Morgan fingerprint density at radius 3 is 2.73 bits per heavy atom. The van der Waals surface area contributed by atoms with E-state index in [0.717, 1.165) is 12.8 Å². The Morgan fingerprint density at radius 2 is 2.04 bits per heavy atom. The van der Waals surface area contributed by atoms with Crippen LogP contribution in [0.4, 0.5) is 0 Å². The summed E-state index contributed by atoms with van der Waals surface area (Å²) in [6.45, 7) is 2.01. The number of esters is 2. The lowest BCUT2D eigenvalue weighted by molar-refractivity contribution is -0.167. The topological polar surface area (TPSA) is 116 Å². The van der Waals surface area contributed by atoms with E-state index in [1.54, 1.807) is 0 Å². The van der Waals surface area contributed by atoms with Gasteiger partial charge in [-0.3, -0.25) is 14.1 Å². The smallest absolute Gasteiger partial charge is 0.312 e. The van der Waals surface area contributed by atoms with E-state index in [1.807, 2.05) is 6.92 Å². The molecule has 0 amide bonds. The van der Waals surface area contributed by atoms with Crippen molar-refractivity contribution >= 4 is 22.1 Å².